The van der Waals surface area contributed by atoms with Gasteiger partial charge in [-0.05, 0) is 12.2 Å². The van der Waals surface area contributed by atoms with Crippen molar-refractivity contribution in [3.05, 3.63) is 48.1 Å². The van der Waals surface area contributed by atoms with Crippen molar-refractivity contribution in [2.75, 3.05) is 17.8 Å². The molecule has 4 rings (SSSR count). The van der Waals surface area contributed by atoms with Crippen molar-refractivity contribution in [2.24, 2.45) is 0 Å². The van der Waals surface area contributed by atoms with Crippen LogP contribution in [-0.4, -0.2) is 50.7 Å². The fourth-order valence-corrected chi connectivity index (χ4v) is 2.66. The van der Waals surface area contributed by atoms with Crippen molar-refractivity contribution < 1.29 is 14.0 Å². The van der Waals surface area contributed by atoms with Gasteiger partial charge in [0.05, 0.1) is 17.9 Å². The summed E-state index contributed by atoms with van der Waals surface area (Å²) in [5.74, 6) is 1.74. The molecule has 0 unspecified atom stereocenters. The predicted molar refractivity (Wildman–Crippen MR) is 96.2 cm³/mol. The van der Waals surface area contributed by atoms with Crippen molar-refractivity contribution in [2.45, 2.75) is 18.6 Å². The summed E-state index contributed by atoms with van der Waals surface area (Å²) in [7, 11) is 1.71. The molecular formula is C17H16FN7O2. The summed E-state index contributed by atoms with van der Waals surface area (Å²) >= 11 is 0. The SMILES string of the molecule is CNc1cc(NN2C=CC=CC2=C=O)nn2c(C(=O)N[C@@H]3C[C@@H]3F)cnc12. The minimum atomic E-state index is -1.00. The van der Waals surface area contributed by atoms with Crippen molar-refractivity contribution >= 4 is 29.0 Å². The molecular weight excluding hydrogens is 353 g/mol. The first-order valence-corrected chi connectivity index (χ1v) is 8.28. The number of alkyl halides is 1. The van der Waals surface area contributed by atoms with Crippen LogP contribution in [0.25, 0.3) is 5.65 Å². The van der Waals surface area contributed by atoms with Crippen molar-refractivity contribution in [3.8, 4) is 0 Å². The fraction of sp³-hybridized carbons (Fsp3) is 0.235. The second-order valence-electron chi connectivity index (χ2n) is 6.07. The number of fused-ring (bicyclic) bond motifs is 1. The molecule has 0 bridgehead atoms. The van der Waals surface area contributed by atoms with Gasteiger partial charge in [0.15, 0.2) is 23.1 Å². The van der Waals surface area contributed by atoms with Gasteiger partial charge in [0.2, 0.25) is 0 Å². The van der Waals surface area contributed by atoms with Crippen LogP contribution in [0.3, 0.4) is 0 Å². The number of carbonyl (C=O) groups is 1. The van der Waals surface area contributed by atoms with Gasteiger partial charge in [-0.25, -0.2) is 18.7 Å². The zero-order valence-electron chi connectivity index (χ0n) is 14.3. The van der Waals surface area contributed by atoms with E-state index in [-0.39, 0.29) is 11.4 Å². The first kappa shape index (κ1) is 16.8. The number of nitrogens with zero attached hydrogens (tertiary/aromatic N) is 4. The van der Waals surface area contributed by atoms with Crippen molar-refractivity contribution in [3.63, 3.8) is 0 Å². The molecule has 1 aliphatic heterocycles. The summed E-state index contributed by atoms with van der Waals surface area (Å²) in [5.41, 5.74) is 4.49. The first-order chi connectivity index (χ1) is 13.1. The van der Waals surface area contributed by atoms with Gasteiger partial charge in [-0.3, -0.25) is 15.2 Å². The maximum atomic E-state index is 13.1. The van der Waals surface area contributed by atoms with Gasteiger partial charge in [-0.15, -0.1) is 5.10 Å². The van der Waals surface area contributed by atoms with E-state index in [0.29, 0.717) is 23.6 Å². The molecule has 1 aliphatic carbocycles. The Balaban J connectivity index is 1.68. The zero-order chi connectivity index (χ0) is 19.0. The van der Waals surface area contributed by atoms with E-state index in [1.807, 2.05) is 5.94 Å². The van der Waals surface area contributed by atoms with E-state index in [2.05, 4.69) is 26.1 Å². The predicted octanol–water partition coefficient (Wildman–Crippen LogP) is 1.04. The molecule has 27 heavy (non-hydrogen) atoms. The largest absolute Gasteiger partial charge is 0.385 e. The van der Waals surface area contributed by atoms with Crippen LogP contribution in [0.4, 0.5) is 15.9 Å². The van der Waals surface area contributed by atoms with Crippen LogP contribution in [-0.2, 0) is 4.79 Å². The number of allylic oxidation sites excluding steroid dienone is 3. The monoisotopic (exact) mass is 369 g/mol. The number of amides is 1. The Hall–Kier alpha value is -3.65. The number of anilines is 2. The number of carbonyl (C=O) groups excluding carboxylic acids is 2. The Morgan fingerprint density at radius 3 is 2.93 bits per heavy atom. The van der Waals surface area contributed by atoms with Gasteiger partial charge >= 0.3 is 0 Å². The number of halogens is 1. The summed E-state index contributed by atoms with van der Waals surface area (Å²) in [6, 6.07) is 1.23. The molecule has 9 nitrogen and oxygen atoms in total. The number of aromatic nitrogens is 3. The molecule has 0 saturated heterocycles. The molecule has 0 radical (unpaired) electrons. The summed E-state index contributed by atoms with van der Waals surface area (Å²) in [6.07, 6.45) is 7.39. The summed E-state index contributed by atoms with van der Waals surface area (Å²) in [6.45, 7) is 0. The lowest BCUT2D eigenvalue weighted by Gasteiger charge is -2.22. The van der Waals surface area contributed by atoms with E-state index >= 15 is 0 Å². The average molecular weight is 369 g/mol. The number of hydrogen-bond acceptors (Lipinski definition) is 7. The second kappa shape index (κ2) is 6.58. The first-order valence-electron chi connectivity index (χ1n) is 8.28. The number of nitrogens with one attached hydrogen (secondary N) is 3. The molecule has 2 aromatic rings. The number of rotatable bonds is 5. The molecule has 10 heteroatoms. The molecule has 3 N–H and O–H groups in total. The third-order valence-electron chi connectivity index (χ3n) is 4.20. The lowest BCUT2D eigenvalue weighted by molar-refractivity contribution is 0.0940. The van der Waals surface area contributed by atoms with Crippen LogP contribution in [0, 0.1) is 0 Å². The Kier molecular flexibility index (Phi) is 4.09. The van der Waals surface area contributed by atoms with E-state index in [0.717, 1.165) is 0 Å². The van der Waals surface area contributed by atoms with Crippen molar-refractivity contribution in [1.82, 2.24) is 24.9 Å². The number of imidazole rings is 1. The molecule has 1 saturated carbocycles. The number of hydrogen-bond donors (Lipinski definition) is 3. The molecule has 1 fully saturated rings. The van der Waals surface area contributed by atoms with E-state index in [4.69, 9.17) is 0 Å². The maximum absolute atomic E-state index is 13.1. The van der Waals surface area contributed by atoms with Crippen LogP contribution in [0.15, 0.2) is 42.4 Å². The van der Waals surface area contributed by atoms with Crippen LogP contribution >= 0.6 is 0 Å². The van der Waals surface area contributed by atoms with Crippen LogP contribution in [0.2, 0.25) is 0 Å². The molecule has 2 aliphatic rings. The Morgan fingerprint density at radius 2 is 2.22 bits per heavy atom. The van der Waals surface area contributed by atoms with Crippen LogP contribution in [0.1, 0.15) is 16.9 Å². The summed E-state index contributed by atoms with van der Waals surface area (Å²) in [5, 5.41) is 11.4. The van der Waals surface area contributed by atoms with Crippen LogP contribution < -0.4 is 16.1 Å². The van der Waals surface area contributed by atoms with E-state index in [9.17, 15) is 14.0 Å². The van der Waals surface area contributed by atoms with Gasteiger partial charge in [0.25, 0.3) is 5.91 Å². The number of hydrazine groups is 1. The van der Waals surface area contributed by atoms with Gasteiger partial charge < -0.3 is 10.6 Å². The Bertz CT molecular complexity index is 1020. The van der Waals surface area contributed by atoms with Gasteiger partial charge in [0, 0.05) is 25.7 Å². The highest BCUT2D eigenvalue weighted by molar-refractivity contribution is 5.94. The Labute approximate surface area is 153 Å². The lowest BCUT2D eigenvalue weighted by Crippen LogP contribution is -2.29. The topological polar surface area (TPSA) is 104 Å². The summed E-state index contributed by atoms with van der Waals surface area (Å²) in [4.78, 5) is 27.7. The highest BCUT2D eigenvalue weighted by atomic mass is 19.1. The highest BCUT2D eigenvalue weighted by Gasteiger charge is 2.39. The highest BCUT2D eigenvalue weighted by Crippen LogP contribution is 2.26. The fourth-order valence-electron chi connectivity index (χ4n) is 2.66. The smallest absolute Gasteiger partial charge is 0.271 e. The van der Waals surface area contributed by atoms with Crippen molar-refractivity contribution in [1.29, 1.82) is 0 Å². The third kappa shape index (κ3) is 3.13. The molecule has 3 heterocycles. The van der Waals surface area contributed by atoms with E-state index < -0.39 is 18.1 Å². The van der Waals surface area contributed by atoms with Gasteiger partial charge in [-0.1, -0.05) is 6.08 Å². The lowest BCUT2D eigenvalue weighted by atomic mass is 10.3. The van der Waals surface area contributed by atoms with Gasteiger partial charge in [0.1, 0.15) is 11.9 Å². The normalized spacial score (nSPS) is 20.5. The standard InChI is InChI=1S/C17H16FN7O2/c1-19-13-7-15(22-24-5-3-2-4-10(24)9-26)23-25-14(8-20-16(13)25)17(27)21-12-6-11(12)18/h2-5,7-8,11-12,19H,6H2,1H3,(H,21,27)(H,22,23)/t11-,12+/m0/s1. The molecule has 1 amide bonds. The van der Waals surface area contributed by atoms with E-state index in [1.54, 1.807) is 37.5 Å². The Morgan fingerprint density at radius 1 is 1.41 bits per heavy atom. The average Bonchev–Trinajstić information content (AvgIpc) is 3.19. The maximum Gasteiger partial charge on any atom is 0.271 e. The quantitative estimate of drug-likeness (QED) is 0.677. The zero-order valence-corrected chi connectivity index (χ0v) is 14.3. The second-order valence-corrected chi connectivity index (χ2v) is 6.07. The summed E-state index contributed by atoms with van der Waals surface area (Å²) < 4.78 is 14.4. The molecule has 138 valence electrons. The minimum Gasteiger partial charge on any atom is -0.385 e. The molecule has 0 aromatic carbocycles. The molecule has 0 spiro atoms. The van der Waals surface area contributed by atoms with Crippen LogP contribution in [0.5, 0.6) is 0 Å². The molecule has 2 atom stereocenters. The molecule has 2 aromatic heterocycles. The van der Waals surface area contributed by atoms with Gasteiger partial charge in [-0.2, -0.15) is 0 Å². The third-order valence-corrected chi connectivity index (χ3v) is 4.20. The minimum absolute atomic E-state index is 0.185. The van der Waals surface area contributed by atoms with E-state index in [1.165, 1.54) is 15.7 Å².